The lowest BCUT2D eigenvalue weighted by atomic mass is 10.2. The molecule has 2 rings (SSSR count). The summed E-state index contributed by atoms with van der Waals surface area (Å²) in [5, 5.41) is 8.51. The fourth-order valence-electron chi connectivity index (χ4n) is 2.10. The number of carboxylic acids is 1. The lowest BCUT2D eigenvalue weighted by molar-refractivity contribution is -0.140. The van der Waals surface area contributed by atoms with Gasteiger partial charge in [0.1, 0.15) is 4.88 Å². The number of amides is 2. The first-order valence-electron chi connectivity index (χ1n) is 6.58. The van der Waals surface area contributed by atoms with E-state index in [2.05, 4.69) is 4.98 Å². The Morgan fingerprint density at radius 1 is 1.57 bits per heavy atom. The van der Waals surface area contributed by atoms with E-state index in [0.29, 0.717) is 16.5 Å². The summed E-state index contributed by atoms with van der Waals surface area (Å²) in [5.74, 6) is -1.39. The fraction of sp³-hybridized carbons (Fsp3) is 0.538. The van der Waals surface area contributed by atoms with Crippen LogP contribution in [0.25, 0.3) is 0 Å². The number of carboxylic acid groups (broad SMARTS) is 1. The van der Waals surface area contributed by atoms with Gasteiger partial charge >= 0.3 is 5.97 Å². The van der Waals surface area contributed by atoms with Crippen molar-refractivity contribution in [2.75, 3.05) is 0 Å². The summed E-state index contributed by atoms with van der Waals surface area (Å²) in [6.07, 6.45) is 0.864. The molecule has 0 aliphatic carbocycles. The largest absolute Gasteiger partial charge is 0.477 e. The van der Waals surface area contributed by atoms with E-state index >= 15 is 0 Å². The molecule has 1 saturated heterocycles. The highest BCUT2D eigenvalue weighted by molar-refractivity contribution is 8.02. The van der Waals surface area contributed by atoms with Gasteiger partial charge < -0.3 is 5.11 Å². The number of thioether (sulfide) groups is 1. The molecule has 1 N–H and O–H groups in total. The zero-order valence-corrected chi connectivity index (χ0v) is 13.6. The van der Waals surface area contributed by atoms with Crippen molar-refractivity contribution in [1.82, 2.24) is 9.88 Å². The van der Waals surface area contributed by atoms with Crippen LogP contribution in [0.2, 0.25) is 0 Å². The Morgan fingerprint density at radius 2 is 2.24 bits per heavy atom. The smallest absolute Gasteiger partial charge is 0.347 e. The van der Waals surface area contributed by atoms with Crippen LogP contribution in [0.1, 0.15) is 42.1 Å². The van der Waals surface area contributed by atoms with Gasteiger partial charge in [0.15, 0.2) is 4.34 Å². The van der Waals surface area contributed by atoms with Gasteiger partial charge in [-0.15, -0.1) is 11.3 Å². The molecule has 1 aliphatic rings. The Morgan fingerprint density at radius 3 is 2.76 bits per heavy atom. The van der Waals surface area contributed by atoms with Crippen molar-refractivity contribution in [3.05, 3.63) is 10.6 Å². The van der Waals surface area contributed by atoms with Gasteiger partial charge in [0, 0.05) is 12.5 Å². The summed E-state index contributed by atoms with van der Waals surface area (Å²) in [6.45, 7) is 5.39. The average molecular weight is 328 g/mol. The zero-order valence-electron chi connectivity index (χ0n) is 12.0. The van der Waals surface area contributed by atoms with Gasteiger partial charge in [0.05, 0.1) is 10.9 Å². The van der Waals surface area contributed by atoms with Crippen LogP contribution < -0.4 is 0 Å². The molecular weight excluding hydrogens is 312 g/mol. The Labute approximate surface area is 130 Å². The summed E-state index contributed by atoms with van der Waals surface area (Å²) < 4.78 is 0.516. The van der Waals surface area contributed by atoms with E-state index in [-0.39, 0.29) is 29.2 Å². The first-order valence-corrected chi connectivity index (χ1v) is 8.28. The third-order valence-corrected chi connectivity index (χ3v) is 5.81. The van der Waals surface area contributed by atoms with Crippen LogP contribution in [0, 0.1) is 6.92 Å². The number of carbonyl (C=O) groups is 3. The van der Waals surface area contributed by atoms with Gasteiger partial charge in [0.25, 0.3) is 0 Å². The minimum Gasteiger partial charge on any atom is -0.477 e. The lowest BCUT2D eigenvalue weighted by Gasteiger charge is -2.21. The molecule has 0 spiro atoms. The van der Waals surface area contributed by atoms with Crippen LogP contribution >= 0.6 is 23.1 Å². The van der Waals surface area contributed by atoms with Gasteiger partial charge in [-0.05, 0) is 20.3 Å². The standard InChI is InChI=1S/C13H16N2O4S2/c1-4-6(2)15-9(16)5-8(11(15)17)20-13-14-7(3)10(21-13)12(18)19/h6,8H,4-5H2,1-3H3,(H,18,19). The highest BCUT2D eigenvalue weighted by Crippen LogP contribution is 2.35. The Balaban J connectivity index is 2.14. The number of carbonyl (C=O) groups excluding carboxylic acids is 2. The highest BCUT2D eigenvalue weighted by Gasteiger charge is 2.41. The molecule has 1 aromatic heterocycles. The maximum Gasteiger partial charge on any atom is 0.347 e. The van der Waals surface area contributed by atoms with E-state index in [9.17, 15) is 14.4 Å². The third-order valence-electron chi connectivity index (χ3n) is 3.39. The van der Waals surface area contributed by atoms with E-state index in [1.165, 1.54) is 16.7 Å². The second-order valence-electron chi connectivity index (χ2n) is 4.87. The third kappa shape index (κ3) is 3.11. The van der Waals surface area contributed by atoms with Crippen molar-refractivity contribution in [1.29, 1.82) is 0 Å². The second-order valence-corrected chi connectivity index (χ2v) is 7.32. The minimum atomic E-state index is -1.02. The topological polar surface area (TPSA) is 87.6 Å². The average Bonchev–Trinajstić information content (AvgIpc) is 2.90. The summed E-state index contributed by atoms with van der Waals surface area (Å²) in [5.41, 5.74) is 0.436. The van der Waals surface area contributed by atoms with Gasteiger partial charge in [-0.3, -0.25) is 14.5 Å². The number of aromatic carboxylic acids is 1. The van der Waals surface area contributed by atoms with Crippen LogP contribution in [0.3, 0.4) is 0 Å². The molecule has 0 bridgehead atoms. The highest BCUT2D eigenvalue weighted by atomic mass is 32.2. The van der Waals surface area contributed by atoms with E-state index in [1.54, 1.807) is 6.92 Å². The monoisotopic (exact) mass is 328 g/mol. The minimum absolute atomic E-state index is 0.108. The number of aryl methyl sites for hydroxylation is 1. The second kappa shape index (κ2) is 6.15. The van der Waals surface area contributed by atoms with Crippen molar-refractivity contribution < 1.29 is 19.5 Å². The lowest BCUT2D eigenvalue weighted by Crippen LogP contribution is -2.38. The maximum absolute atomic E-state index is 12.3. The van der Waals surface area contributed by atoms with Gasteiger partial charge in [-0.25, -0.2) is 9.78 Å². The Kier molecular flexibility index (Phi) is 4.67. The molecule has 1 fully saturated rings. The predicted molar refractivity (Wildman–Crippen MR) is 79.7 cm³/mol. The van der Waals surface area contributed by atoms with Crippen molar-refractivity contribution in [2.45, 2.75) is 49.2 Å². The number of imide groups is 1. The molecule has 2 unspecified atom stereocenters. The number of nitrogens with zero attached hydrogens (tertiary/aromatic N) is 2. The van der Waals surface area contributed by atoms with Crippen LogP contribution in [-0.4, -0.2) is 44.1 Å². The normalized spacial score (nSPS) is 20.1. The molecule has 0 saturated carbocycles. The van der Waals surface area contributed by atoms with Crippen LogP contribution in [-0.2, 0) is 9.59 Å². The molecule has 8 heteroatoms. The summed E-state index contributed by atoms with van der Waals surface area (Å²) in [4.78, 5) is 40.9. The summed E-state index contributed by atoms with van der Waals surface area (Å²) in [7, 11) is 0. The fourth-order valence-corrected chi connectivity index (χ4v) is 4.40. The van der Waals surface area contributed by atoms with Crippen molar-refractivity contribution in [2.24, 2.45) is 0 Å². The SMILES string of the molecule is CCC(C)N1C(=O)CC(Sc2nc(C)c(C(=O)O)s2)C1=O. The molecule has 0 aromatic carbocycles. The number of likely N-dealkylation sites (tertiary alicyclic amines) is 1. The number of aromatic nitrogens is 1. The van der Waals surface area contributed by atoms with Crippen molar-refractivity contribution >= 4 is 40.9 Å². The molecule has 2 atom stereocenters. The van der Waals surface area contributed by atoms with E-state index < -0.39 is 11.2 Å². The van der Waals surface area contributed by atoms with Gasteiger partial charge in [-0.1, -0.05) is 18.7 Å². The predicted octanol–water partition coefficient (Wildman–Crippen LogP) is 2.17. The molecule has 1 aromatic rings. The van der Waals surface area contributed by atoms with E-state index in [0.717, 1.165) is 11.3 Å². The summed E-state index contributed by atoms with van der Waals surface area (Å²) in [6, 6.07) is -0.108. The van der Waals surface area contributed by atoms with Crippen LogP contribution in [0.4, 0.5) is 0 Å². The van der Waals surface area contributed by atoms with Crippen molar-refractivity contribution in [3.63, 3.8) is 0 Å². The molecule has 2 heterocycles. The summed E-state index contributed by atoms with van der Waals surface area (Å²) >= 11 is 2.22. The Bertz CT molecular complexity index is 599. The van der Waals surface area contributed by atoms with Crippen LogP contribution in [0.15, 0.2) is 4.34 Å². The van der Waals surface area contributed by atoms with E-state index in [4.69, 9.17) is 5.11 Å². The van der Waals surface area contributed by atoms with Gasteiger partial charge in [0.2, 0.25) is 11.8 Å². The molecular formula is C13H16N2O4S2. The first kappa shape index (κ1) is 16.0. The molecule has 114 valence electrons. The number of thiazole rings is 1. The molecule has 6 nitrogen and oxygen atoms in total. The molecule has 0 radical (unpaired) electrons. The number of rotatable bonds is 5. The Hall–Kier alpha value is -1.41. The van der Waals surface area contributed by atoms with Crippen LogP contribution in [0.5, 0.6) is 0 Å². The van der Waals surface area contributed by atoms with E-state index in [1.807, 2.05) is 13.8 Å². The maximum atomic E-state index is 12.3. The molecule has 1 aliphatic heterocycles. The molecule has 21 heavy (non-hydrogen) atoms. The quantitative estimate of drug-likeness (QED) is 0.834. The zero-order chi connectivity index (χ0) is 15.7. The van der Waals surface area contributed by atoms with Gasteiger partial charge in [-0.2, -0.15) is 0 Å². The first-order chi connectivity index (χ1) is 9.85. The number of hydrogen-bond acceptors (Lipinski definition) is 6. The number of hydrogen-bond donors (Lipinski definition) is 1. The van der Waals surface area contributed by atoms with Crippen molar-refractivity contribution in [3.8, 4) is 0 Å². The molecule has 2 amide bonds.